The van der Waals surface area contributed by atoms with Crippen molar-refractivity contribution < 1.29 is 17.9 Å². The van der Waals surface area contributed by atoms with Gasteiger partial charge in [0.2, 0.25) is 0 Å². The lowest BCUT2D eigenvalue weighted by molar-refractivity contribution is 0.0852. The Hall–Kier alpha value is -2.93. The molecule has 2 aliphatic rings. The molecule has 0 bridgehead atoms. The van der Waals surface area contributed by atoms with Crippen LogP contribution >= 0.6 is 0 Å². The first-order valence-electron chi connectivity index (χ1n) is 13.3. The number of rotatable bonds is 6. The van der Waals surface area contributed by atoms with Crippen LogP contribution in [0.4, 0.5) is 18.9 Å². The van der Waals surface area contributed by atoms with E-state index >= 15 is 8.78 Å². The van der Waals surface area contributed by atoms with Gasteiger partial charge in [-0.1, -0.05) is 13.8 Å². The largest absolute Gasteiger partial charge is 0.381 e. The summed E-state index contributed by atoms with van der Waals surface area (Å²) in [6.07, 6.45) is 7.49. The van der Waals surface area contributed by atoms with Crippen LogP contribution in [0.1, 0.15) is 55.8 Å². The van der Waals surface area contributed by atoms with Crippen molar-refractivity contribution in [1.29, 1.82) is 0 Å². The average Bonchev–Trinajstić information content (AvgIpc) is 2.88. The molecule has 2 aliphatic heterocycles. The summed E-state index contributed by atoms with van der Waals surface area (Å²) in [5.74, 6) is -1.03. The minimum absolute atomic E-state index is 0.0375. The van der Waals surface area contributed by atoms with Gasteiger partial charge in [0.1, 0.15) is 23.1 Å². The lowest BCUT2D eigenvalue weighted by Gasteiger charge is -2.37. The van der Waals surface area contributed by atoms with Crippen molar-refractivity contribution in [3.8, 4) is 11.3 Å². The Labute approximate surface area is 216 Å². The summed E-state index contributed by atoms with van der Waals surface area (Å²) < 4.78 is 50.4. The number of benzene rings is 1. The maximum atomic E-state index is 15.1. The fraction of sp³-hybridized carbons (Fsp3) is 0.467. The highest BCUT2D eigenvalue weighted by Gasteiger charge is 2.25. The zero-order valence-corrected chi connectivity index (χ0v) is 21.5. The summed E-state index contributed by atoms with van der Waals surface area (Å²) in [6.45, 7) is 7.71. The highest BCUT2D eigenvalue weighted by Crippen LogP contribution is 2.34. The smallest absolute Gasteiger partial charge is 0.149 e. The molecule has 0 aliphatic carbocycles. The van der Waals surface area contributed by atoms with Gasteiger partial charge in [0.15, 0.2) is 0 Å². The molecule has 0 saturated carbocycles. The predicted octanol–water partition coefficient (Wildman–Crippen LogP) is 6.72. The third-order valence-electron chi connectivity index (χ3n) is 7.64. The zero-order chi connectivity index (χ0) is 25.9. The molecule has 7 heteroatoms. The number of hydrogen-bond donors (Lipinski definition) is 0. The Morgan fingerprint density at radius 2 is 1.62 bits per heavy atom. The van der Waals surface area contributed by atoms with E-state index in [0.717, 1.165) is 24.3 Å². The molecular formula is C30H34F3N3O. The van der Waals surface area contributed by atoms with Gasteiger partial charge in [0.05, 0.1) is 5.56 Å². The quantitative estimate of drug-likeness (QED) is 0.370. The van der Waals surface area contributed by atoms with Crippen molar-refractivity contribution in [3.63, 3.8) is 0 Å². The van der Waals surface area contributed by atoms with Crippen LogP contribution in [-0.4, -0.2) is 36.3 Å². The number of hydrogen-bond acceptors (Lipinski definition) is 4. The Morgan fingerprint density at radius 3 is 2.32 bits per heavy atom. The molecule has 4 heterocycles. The number of piperidine rings is 1. The normalized spacial score (nSPS) is 20.8. The van der Waals surface area contributed by atoms with Gasteiger partial charge < -0.3 is 9.64 Å². The van der Waals surface area contributed by atoms with Gasteiger partial charge >= 0.3 is 0 Å². The Bertz CT molecular complexity index is 1210. The number of pyridine rings is 2. The van der Waals surface area contributed by atoms with Gasteiger partial charge in [-0.05, 0) is 91.3 Å². The van der Waals surface area contributed by atoms with Crippen LogP contribution in [0.5, 0.6) is 0 Å². The van der Waals surface area contributed by atoms with Crippen molar-refractivity contribution in [1.82, 2.24) is 9.97 Å². The second-order valence-corrected chi connectivity index (χ2v) is 10.7. The summed E-state index contributed by atoms with van der Waals surface area (Å²) in [7, 11) is 0. The van der Waals surface area contributed by atoms with Crippen molar-refractivity contribution in [2.75, 3.05) is 31.2 Å². The predicted molar refractivity (Wildman–Crippen MR) is 139 cm³/mol. The maximum Gasteiger partial charge on any atom is 0.149 e. The van der Waals surface area contributed by atoms with Crippen LogP contribution in [0.2, 0.25) is 0 Å². The van der Waals surface area contributed by atoms with Crippen LogP contribution in [0.3, 0.4) is 0 Å². The molecule has 196 valence electrons. The summed E-state index contributed by atoms with van der Waals surface area (Å²) >= 11 is 0. The molecule has 0 radical (unpaired) electrons. The first-order chi connectivity index (χ1) is 17.9. The molecule has 3 aromatic rings. The van der Waals surface area contributed by atoms with Crippen molar-refractivity contribution >= 4 is 5.69 Å². The number of aryl methyl sites for hydroxylation is 2. The SMILES string of the molecule is C[C@@H]1C[C@H](C)CN(c2ccncc2CCc2ccc(F)c(-c3c(F)cc(C4CCOCC4)cc3F)n2)C1. The molecule has 0 N–H and O–H groups in total. The highest BCUT2D eigenvalue weighted by molar-refractivity contribution is 5.62. The van der Waals surface area contributed by atoms with Gasteiger partial charge in [-0.3, -0.25) is 4.98 Å². The zero-order valence-electron chi connectivity index (χ0n) is 21.5. The van der Waals surface area contributed by atoms with Gasteiger partial charge in [0, 0.05) is 50.1 Å². The molecule has 0 unspecified atom stereocenters. The molecule has 2 saturated heterocycles. The van der Waals surface area contributed by atoms with Crippen LogP contribution in [-0.2, 0) is 17.6 Å². The van der Waals surface area contributed by atoms with E-state index in [1.165, 1.54) is 24.6 Å². The molecule has 4 nitrogen and oxygen atoms in total. The van der Waals surface area contributed by atoms with E-state index in [1.54, 1.807) is 6.07 Å². The molecule has 37 heavy (non-hydrogen) atoms. The van der Waals surface area contributed by atoms with Crippen LogP contribution in [0.15, 0.2) is 42.7 Å². The fourth-order valence-electron chi connectivity index (χ4n) is 5.93. The Morgan fingerprint density at radius 1 is 0.919 bits per heavy atom. The molecule has 0 amide bonds. The van der Waals surface area contributed by atoms with Crippen molar-refractivity contribution in [2.45, 2.75) is 51.9 Å². The number of halogens is 3. The average molecular weight is 510 g/mol. The van der Waals surface area contributed by atoms with Gasteiger partial charge in [0.25, 0.3) is 0 Å². The van der Waals surface area contributed by atoms with Crippen LogP contribution < -0.4 is 4.90 Å². The van der Waals surface area contributed by atoms with E-state index in [0.29, 0.717) is 62.0 Å². The third kappa shape index (κ3) is 5.82. The summed E-state index contributed by atoms with van der Waals surface area (Å²) in [6, 6.07) is 7.54. The van der Waals surface area contributed by atoms with E-state index in [4.69, 9.17) is 4.74 Å². The van der Waals surface area contributed by atoms with Gasteiger partial charge in [-0.15, -0.1) is 0 Å². The lowest BCUT2D eigenvalue weighted by atomic mass is 9.90. The first kappa shape index (κ1) is 25.7. The number of aromatic nitrogens is 2. The monoisotopic (exact) mass is 509 g/mol. The second kappa shape index (κ2) is 11.2. The summed E-state index contributed by atoms with van der Waals surface area (Å²) in [5.41, 5.74) is 2.73. The first-order valence-corrected chi connectivity index (χ1v) is 13.3. The molecule has 2 fully saturated rings. The van der Waals surface area contributed by atoms with E-state index in [1.807, 2.05) is 18.5 Å². The standard InChI is InChI=1S/C30H34F3N3O/c1-19-13-20(2)18-36(17-19)28-7-10-34-16-22(28)3-4-24-5-6-25(31)30(35-24)29-26(32)14-23(15-27(29)33)21-8-11-37-12-9-21/h5-7,10,14-16,19-21H,3-4,8-9,11-13,17-18H2,1-2H3/t19-,20+. The van der Waals surface area contributed by atoms with E-state index in [2.05, 4.69) is 28.7 Å². The Balaban J connectivity index is 1.37. The third-order valence-corrected chi connectivity index (χ3v) is 7.64. The molecule has 5 rings (SSSR count). The highest BCUT2D eigenvalue weighted by atomic mass is 19.1. The van der Waals surface area contributed by atoms with E-state index in [9.17, 15) is 4.39 Å². The maximum absolute atomic E-state index is 15.1. The molecular weight excluding hydrogens is 475 g/mol. The molecule has 1 aromatic carbocycles. The second-order valence-electron chi connectivity index (χ2n) is 10.7. The minimum atomic E-state index is -0.784. The molecule has 2 atom stereocenters. The molecule has 0 spiro atoms. The minimum Gasteiger partial charge on any atom is -0.381 e. The molecule has 2 aromatic heterocycles. The lowest BCUT2D eigenvalue weighted by Crippen LogP contribution is -2.39. The van der Waals surface area contributed by atoms with Crippen LogP contribution in [0, 0.1) is 29.3 Å². The topological polar surface area (TPSA) is 38.2 Å². The van der Waals surface area contributed by atoms with Crippen molar-refractivity contribution in [3.05, 3.63) is 77.0 Å². The van der Waals surface area contributed by atoms with Crippen LogP contribution in [0.25, 0.3) is 11.3 Å². The van der Waals surface area contributed by atoms with Gasteiger partial charge in [-0.2, -0.15) is 0 Å². The Kier molecular flexibility index (Phi) is 7.79. The van der Waals surface area contributed by atoms with Crippen molar-refractivity contribution in [2.24, 2.45) is 11.8 Å². The summed E-state index contributed by atoms with van der Waals surface area (Å²) in [4.78, 5) is 11.1. The number of ether oxygens (including phenoxy) is 1. The number of anilines is 1. The van der Waals surface area contributed by atoms with E-state index < -0.39 is 23.0 Å². The summed E-state index contributed by atoms with van der Waals surface area (Å²) in [5, 5.41) is 0. The number of nitrogens with zero attached hydrogens (tertiary/aromatic N) is 3. The van der Waals surface area contributed by atoms with Gasteiger partial charge in [-0.25, -0.2) is 18.2 Å². The fourth-order valence-corrected chi connectivity index (χ4v) is 5.93. The van der Waals surface area contributed by atoms with E-state index in [-0.39, 0.29) is 11.6 Å².